The van der Waals surface area contributed by atoms with E-state index < -0.39 is 17.7 Å². The van der Waals surface area contributed by atoms with Gasteiger partial charge in [-0.1, -0.05) is 37.6 Å². The maximum atomic E-state index is 13.4. The second-order valence-corrected chi connectivity index (χ2v) is 9.33. The Labute approximate surface area is 209 Å². The van der Waals surface area contributed by atoms with E-state index in [1.54, 1.807) is 49.7 Å². The summed E-state index contributed by atoms with van der Waals surface area (Å²) in [5.41, 5.74) is 3.80. The molecule has 0 aliphatic carbocycles. The van der Waals surface area contributed by atoms with Crippen LogP contribution in [0.2, 0.25) is 5.02 Å². The monoisotopic (exact) mass is 490 g/mol. The van der Waals surface area contributed by atoms with Crippen molar-refractivity contribution in [2.75, 3.05) is 12.0 Å². The number of anilines is 1. The van der Waals surface area contributed by atoms with Crippen LogP contribution >= 0.6 is 11.6 Å². The summed E-state index contributed by atoms with van der Waals surface area (Å²) >= 11 is 6.35. The van der Waals surface area contributed by atoms with Crippen molar-refractivity contribution in [1.29, 1.82) is 0 Å². The summed E-state index contributed by atoms with van der Waals surface area (Å²) in [5.74, 6) is -0.971. The largest absolute Gasteiger partial charge is 0.507 e. The van der Waals surface area contributed by atoms with E-state index in [0.717, 1.165) is 11.1 Å². The van der Waals surface area contributed by atoms with Crippen LogP contribution in [-0.2, 0) is 9.59 Å². The molecule has 1 aliphatic heterocycles. The van der Waals surface area contributed by atoms with Crippen LogP contribution in [0.25, 0.3) is 5.76 Å². The van der Waals surface area contributed by atoms with Gasteiger partial charge in [0.05, 0.1) is 18.4 Å². The topological polar surface area (TPSA) is 79.7 Å². The highest BCUT2D eigenvalue weighted by Gasteiger charge is 2.47. The highest BCUT2D eigenvalue weighted by molar-refractivity contribution is 6.51. The molecule has 7 heteroatoms. The SMILES string of the molecule is COc1cc(C)c(/C(O)=C2\C(=O)C(=O)N(c3ccc(C)c(Cl)c3)C2c2ccccn2)cc1C(C)C. The van der Waals surface area contributed by atoms with Crippen LogP contribution in [0.1, 0.15) is 53.8 Å². The van der Waals surface area contributed by atoms with Crippen molar-refractivity contribution in [1.82, 2.24) is 4.98 Å². The fraction of sp³-hybridized carbons (Fsp3) is 0.250. The number of Topliss-reactive ketones (excluding diaryl/α,β-unsaturated/α-hetero) is 1. The Morgan fingerprint density at radius 1 is 1.09 bits per heavy atom. The third-order valence-corrected chi connectivity index (χ3v) is 6.71. The van der Waals surface area contributed by atoms with Crippen molar-refractivity contribution in [3.05, 3.63) is 93.3 Å². The molecule has 1 saturated heterocycles. The number of aliphatic hydroxyl groups excluding tert-OH is 1. The molecular weight excluding hydrogens is 464 g/mol. The minimum atomic E-state index is -0.918. The van der Waals surface area contributed by atoms with Gasteiger partial charge in [0.15, 0.2) is 0 Å². The Morgan fingerprint density at radius 3 is 2.43 bits per heavy atom. The van der Waals surface area contributed by atoms with Crippen LogP contribution < -0.4 is 9.64 Å². The second-order valence-electron chi connectivity index (χ2n) is 8.92. The first-order chi connectivity index (χ1) is 16.6. The molecule has 1 aromatic heterocycles. The van der Waals surface area contributed by atoms with Crippen LogP contribution in [0.3, 0.4) is 0 Å². The van der Waals surface area contributed by atoms with E-state index >= 15 is 0 Å². The number of hydrogen-bond acceptors (Lipinski definition) is 5. The fourth-order valence-corrected chi connectivity index (χ4v) is 4.55. The van der Waals surface area contributed by atoms with Crippen LogP contribution in [-0.4, -0.2) is 28.9 Å². The first kappa shape index (κ1) is 24.5. The van der Waals surface area contributed by atoms with Crippen LogP contribution in [0, 0.1) is 13.8 Å². The molecule has 0 saturated carbocycles. The fourth-order valence-electron chi connectivity index (χ4n) is 4.37. The zero-order chi connectivity index (χ0) is 25.4. The van der Waals surface area contributed by atoms with E-state index in [-0.39, 0.29) is 17.3 Å². The first-order valence-corrected chi connectivity index (χ1v) is 11.7. The Hall–Kier alpha value is -3.64. The van der Waals surface area contributed by atoms with Crippen LogP contribution in [0.5, 0.6) is 5.75 Å². The molecule has 1 atom stereocenters. The standard InChI is InChI=1S/C28H27ClN2O4/c1-15(2)19-14-20(17(4)12-23(19)35-5)26(32)24-25(22-8-6-7-11-30-22)31(28(34)27(24)33)18-10-9-16(3)21(29)13-18/h6-15,25,32H,1-5H3/b26-24+. The number of aromatic nitrogens is 1. The Kier molecular flexibility index (Phi) is 6.68. The number of aliphatic hydroxyl groups is 1. The van der Waals surface area contributed by atoms with E-state index in [1.165, 1.54) is 4.90 Å². The van der Waals surface area contributed by atoms with Gasteiger partial charge in [0, 0.05) is 22.5 Å². The van der Waals surface area contributed by atoms with Gasteiger partial charge in [0.25, 0.3) is 11.7 Å². The van der Waals surface area contributed by atoms with Crippen molar-refractivity contribution in [3.8, 4) is 5.75 Å². The zero-order valence-corrected chi connectivity index (χ0v) is 21.1. The third kappa shape index (κ3) is 4.30. The number of ether oxygens (including phenoxy) is 1. The molecule has 1 aliphatic rings. The van der Waals surface area contributed by atoms with Gasteiger partial charge in [-0.25, -0.2) is 0 Å². The highest BCUT2D eigenvalue weighted by atomic mass is 35.5. The minimum Gasteiger partial charge on any atom is -0.507 e. The number of benzene rings is 2. The van der Waals surface area contributed by atoms with E-state index in [4.69, 9.17) is 16.3 Å². The van der Waals surface area contributed by atoms with Crippen LogP contribution in [0.4, 0.5) is 5.69 Å². The zero-order valence-electron chi connectivity index (χ0n) is 20.3. The lowest BCUT2D eigenvalue weighted by molar-refractivity contribution is -0.132. The number of aryl methyl sites for hydroxylation is 2. The summed E-state index contributed by atoms with van der Waals surface area (Å²) in [6.07, 6.45) is 1.59. The van der Waals surface area contributed by atoms with Gasteiger partial charge in [-0.2, -0.15) is 0 Å². The van der Waals surface area contributed by atoms with Gasteiger partial charge >= 0.3 is 0 Å². The van der Waals surface area contributed by atoms with E-state index in [1.807, 2.05) is 39.8 Å². The number of rotatable bonds is 5. The lowest BCUT2D eigenvalue weighted by Crippen LogP contribution is -2.29. The Balaban J connectivity index is 1.98. The number of methoxy groups -OCH3 is 1. The summed E-state index contributed by atoms with van der Waals surface area (Å²) < 4.78 is 5.52. The van der Waals surface area contributed by atoms with Gasteiger partial charge in [-0.3, -0.25) is 19.5 Å². The molecule has 180 valence electrons. The number of carbonyl (C=O) groups is 2. The minimum absolute atomic E-state index is 0.0200. The maximum absolute atomic E-state index is 13.4. The van der Waals surface area contributed by atoms with Gasteiger partial charge in [0.1, 0.15) is 17.6 Å². The molecule has 2 heterocycles. The average molecular weight is 491 g/mol. The molecule has 1 N–H and O–H groups in total. The van der Waals surface area contributed by atoms with Crippen molar-refractivity contribution in [3.63, 3.8) is 0 Å². The average Bonchev–Trinajstić information content (AvgIpc) is 3.11. The van der Waals surface area contributed by atoms with E-state index in [2.05, 4.69) is 4.98 Å². The third-order valence-electron chi connectivity index (χ3n) is 6.30. The van der Waals surface area contributed by atoms with E-state index in [0.29, 0.717) is 33.3 Å². The first-order valence-electron chi connectivity index (χ1n) is 11.3. The van der Waals surface area contributed by atoms with Gasteiger partial charge in [-0.05, 0) is 72.9 Å². The lowest BCUT2D eigenvalue weighted by Gasteiger charge is -2.25. The quantitative estimate of drug-likeness (QED) is 0.265. The summed E-state index contributed by atoms with van der Waals surface area (Å²) in [4.78, 5) is 32.5. The number of pyridine rings is 1. The molecule has 1 fully saturated rings. The van der Waals surface area contributed by atoms with Gasteiger partial charge in [-0.15, -0.1) is 0 Å². The molecule has 0 bridgehead atoms. The Bertz CT molecular complexity index is 1350. The molecular formula is C28H27ClN2O4. The van der Waals surface area contributed by atoms with E-state index in [9.17, 15) is 14.7 Å². The lowest BCUT2D eigenvalue weighted by atomic mass is 9.92. The number of amides is 1. The molecule has 3 aromatic rings. The highest BCUT2D eigenvalue weighted by Crippen LogP contribution is 2.43. The van der Waals surface area contributed by atoms with Crippen molar-refractivity contribution in [2.24, 2.45) is 0 Å². The number of ketones is 1. The van der Waals surface area contributed by atoms with Crippen molar-refractivity contribution >= 4 is 34.7 Å². The number of carbonyl (C=O) groups excluding carboxylic acids is 2. The molecule has 6 nitrogen and oxygen atoms in total. The normalized spacial score (nSPS) is 17.3. The second kappa shape index (κ2) is 9.55. The summed E-state index contributed by atoms with van der Waals surface area (Å²) in [6, 6.07) is 13.2. The summed E-state index contributed by atoms with van der Waals surface area (Å²) in [5, 5.41) is 12.0. The van der Waals surface area contributed by atoms with Crippen molar-refractivity contribution < 1.29 is 19.4 Å². The molecule has 35 heavy (non-hydrogen) atoms. The summed E-state index contributed by atoms with van der Waals surface area (Å²) in [6.45, 7) is 7.72. The smallest absolute Gasteiger partial charge is 0.300 e. The molecule has 0 radical (unpaired) electrons. The Morgan fingerprint density at radius 2 is 1.83 bits per heavy atom. The van der Waals surface area contributed by atoms with Gasteiger partial charge < -0.3 is 9.84 Å². The van der Waals surface area contributed by atoms with Crippen LogP contribution in [0.15, 0.2) is 60.3 Å². The number of nitrogens with zero attached hydrogens (tertiary/aromatic N) is 2. The van der Waals surface area contributed by atoms with Gasteiger partial charge in [0.2, 0.25) is 0 Å². The predicted molar refractivity (Wildman–Crippen MR) is 137 cm³/mol. The number of hydrogen-bond donors (Lipinski definition) is 1. The molecule has 1 amide bonds. The molecule has 2 aromatic carbocycles. The summed E-state index contributed by atoms with van der Waals surface area (Å²) in [7, 11) is 1.60. The molecule has 4 rings (SSSR count). The molecule has 1 unspecified atom stereocenters. The number of halogens is 1. The molecule has 0 spiro atoms. The maximum Gasteiger partial charge on any atom is 0.300 e. The van der Waals surface area contributed by atoms with Crippen molar-refractivity contribution in [2.45, 2.75) is 39.7 Å². The predicted octanol–water partition coefficient (Wildman–Crippen LogP) is 6.11.